The Morgan fingerprint density at radius 3 is 2.37 bits per heavy atom. The molecule has 0 aromatic heterocycles. The number of carbonyl (C=O) groups excluding carboxylic acids is 2. The molecule has 148 valence electrons. The van der Waals surface area contributed by atoms with Gasteiger partial charge in [-0.25, -0.2) is 0 Å². The average molecular weight is 373 g/mol. The molecule has 1 saturated carbocycles. The van der Waals surface area contributed by atoms with Gasteiger partial charge in [0.15, 0.2) is 0 Å². The van der Waals surface area contributed by atoms with Crippen LogP contribution in [0.5, 0.6) is 5.75 Å². The number of ether oxygens (including phenoxy) is 1. The molecule has 1 aromatic carbocycles. The molecule has 1 aliphatic heterocycles. The highest BCUT2D eigenvalue weighted by Gasteiger charge is 2.33. The van der Waals surface area contributed by atoms with E-state index in [9.17, 15) is 9.59 Å². The van der Waals surface area contributed by atoms with E-state index in [0.29, 0.717) is 0 Å². The van der Waals surface area contributed by atoms with Crippen molar-refractivity contribution in [1.29, 1.82) is 0 Å². The van der Waals surface area contributed by atoms with E-state index >= 15 is 0 Å². The first-order valence-corrected chi connectivity index (χ1v) is 10.1. The smallest absolute Gasteiger partial charge is 0.227 e. The lowest BCUT2D eigenvalue weighted by atomic mass is 9.80. The molecule has 0 radical (unpaired) electrons. The summed E-state index contributed by atoms with van der Waals surface area (Å²) in [7, 11) is 1.61. The fourth-order valence-corrected chi connectivity index (χ4v) is 4.09. The first-order chi connectivity index (χ1) is 13.1. The number of nitrogens with zero attached hydrogens (tertiary/aromatic N) is 2. The van der Waals surface area contributed by atoms with E-state index in [-0.39, 0.29) is 23.7 Å². The van der Waals surface area contributed by atoms with Crippen LogP contribution < -0.4 is 10.1 Å². The summed E-state index contributed by atoms with van der Waals surface area (Å²) >= 11 is 0. The van der Waals surface area contributed by atoms with E-state index in [1.807, 2.05) is 29.2 Å². The van der Waals surface area contributed by atoms with Gasteiger partial charge in [-0.3, -0.25) is 9.59 Å². The van der Waals surface area contributed by atoms with Crippen molar-refractivity contribution in [2.45, 2.75) is 32.6 Å². The number of nitrogens with one attached hydrogen (secondary N) is 1. The van der Waals surface area contributed by atoms with Crippen molar-refractivity contribution in [2.75, 3.05) is 45.2 Å². The maximum absolute atomic E-state index is 12.8. The molecule has 3 rings (SSSR count). The van der Waals surface area contributed by atoms with Gasteiger partial charge >= 0.3 is 0 Å². The van der Waals surface area contributed by atoms with E-state index < -0.39 is 0 Å². The molecule has 1 saturated heterocycles. The summed E-state index contributed by atoms with van der Waals surface area (Å²) in [6, 6.07) is 7.41. The van der Waals surface area contributed by atoms with Gasteiger partial charge in [0.2, 0.25) is 11.8 Å². The Balaban J connectivity index is 1.46. The predicted octanol–water partition coefficient (Wildman–Crippen LogP) is 2.60. The third-order valence-electron chi connectivity index (χ3n) is 5.92. The van der Waals surface area contributed by atoms with Crippen molar-refractivity contribution in [1.82, 2.24) is 9.80 Å². The van der Waals surface area contributed by atoms with Crippen LogP contribution >= 0.6 is 0 Å². The van der Waals surface area contributed by atoms with Gasteiger partial charge in [-0.05, 0) is 44.4 Å². The lowest BCUT2D eigenvalue weighted by Gasteiger charge is -2.37. The molecule has 1 aromatic rings. The maximum atomic E-state index is 12.8. The SMILES string of the molecule is CCN1CCN(C(=O)C2CCC(C(=O)Nc3cccc(OC)c3)CC2)CC1. The van der Waals surface area contributed by atoms with Gasteiger partial charge in [-0.15, -0.1) is 0 Å². The van der Waals surface area contributed by atoms with Crippen LogP contribution in [-0.2, 0) is 9.59 Å². The highest BCUT2D eigenvalue weighted by molar-refractivity contribution is 5.93. The Hall–Kier alpha value is -2.08. The largest absolute Gasteiger partial charge is 0.497 e. The van der Waals surface area contributed by atoms with Crippen LogP contribution in [0.1, 0.15) is 32.6 Å². The molecule has 2 fully saturated rings. The summed E-state index contributed by atoms with van der Waals surface area (Å²) in [5.74, 6) is 1.13. The van der Waals surface area contributed by atoms with Gasteiger partial charge < -0.3 is 19.9 Å². The quantitative estimate of drug-likeness (QED) is 0.862. The number of amides is 2. The Morgan fingerprint density at radius 2 is 1.74 bits per heavy atom. The second-order valence-corrected chi connectivity index (χ2v) is 7.53. The van der Waals surface area contributed by atoms with E-state index in [1.54, 1.807) is 7.11 Å². The van der Waals surface area contributed by atoms with Crippen molar-refractivity contribution in [3.8, 4) is 5.75 Å². The van der Waals surface area contributed by atoms with Crippen molar-refractivity contribution in [3.63, 3.8) is 0 Å². The lowest BCUT2D eigenvalue weighted by Crippen LogP contribution is -2.50. The zero-order valence-electron chi connectivity index (χ0n) is 16.4. The minimum absolute atomic E-state index is 0.0165. The first-order valence-electron chi connectivity index (χ1n) is 10.1. The molecule has 1 aliphatic carbocycles. The number of benzene rings is 1. The summed E-state index contributed by atoms with van der Waals surface area (Å²) in [6.07, 6.45) is 3.17. The van der Waals surface area contributed by atoms with Gasteiger partial charge in [0.1, 0.15) is 5.75 Å². The van der Waals surface area contributed by atoms with E-state index in [1.165, 1.54) is 0 Å². The summed E-state index contributed by atoms with van der Waals surface area (Å²) in [6.45, 7) is 6.83. The Labute approximate surface area is 161 Å². The summed E-state index contributed by atoms with van der Waals surface area (Å²) < 4.78 is 5.20. The maximum Gasteiger partial charge on any atom is 0.227 e. The van der Waals surface area contributed by atoms with Crippen LogP contribution in [0.25, 0.3) is 0 Å². The van der Waals surface area contributed by atoms with Crippen LogP contribution in [0.15, 0.2) is 24.3 Å². The van der Waals surface area contributed by atoms with Crippen molar-refractivity contribution >= 4 is 17.5 Å². The molecule has 2 aliphatic rings. The molecule has 6 nitrogen and oxygen atoms in total. The number of anilines is 1. The summed E-state index contributed by atoms with van der Waals surface area (Å²) in [5, 5.41) is 2.99. The van der Waals surface area contributed by atoms with E-state index in [4.69, 9.17) is 4.74 Å². The summed E-state index contributed by atoms with van der Waals surface area (Å²) in [4.78, 5) is 29.7. The zero-order valence-corrected chi connectivity index (χ0v) is 16.4. The second kappa shape index (κ2) is 9.22. The Kier molecular flexibility index (Phi) is 6.72. The number of rotatable bonds is 5. The van der Waals surface area contributed by atoms with Gasteiger partial charge in [-0.1, -0.05) is 13.0 Å². The third-order valence-corrected chi connectivity index (χ3v) is 5.92. The van der Waals surface area contributed by atoms with Crippen molar-refractivity contribution in [3.05, 3.63) is 24.3 Å². The molecule has 0 unspecified atom stereocenters. The molecular formula is C21H31N3O3. The highest BCUT2D eigenvalue weighted by Crippen LogP contribution is 2.31. The molecule has 0 spiro atoms. The van der Waals surface area contributed by atoms with Crippen molar-refractivity contribution in [2.24, 2.45) is 11.8 Å². The van der Waals surface area contributed by atoms with E-state index in [0.717, 1.165) is 69.8 Å². The molecule has 0 atom stereocenters. The Morgan fingerprint density at radius 1 is 1.07 bits per heavy atom. The number of methoxy groups -OCH3 is 1. The lowest BCUT2D eigenvalue weighted by molar-refractivity contribution is -0.139. The number of hydrogen-bond acceptors (Lipinski definition) is 4. The molecule has 0 bridgehead atoms. The minimum atomic E-state index is -0.0165. The van der Waals surface area contributed by atoms with Crippen LogP contribution in [0.2, 0.25) is 0 Å². The molecular weight excluding hydrogens is 342 g/mol. The predicted molar refractivity (Wildman–Crippen MR) is 106 cm³/mol. The second-order valence-electron chi connectivity index (χ2n) is 7.53. The Bertz CT molecular complexity index is 648. The van der Waals surface area contributed by atoms with Gasteiger partial charge in [0.25, 0.3) is 0 Å². The zero-order chi connectivity index (χ0) is 19.2. The van der Waals surface area contributed by atoms with Gasteiger partial charge in [0.05, 0.1) is 7.11 Å². The first kappa shape index (κ1) is 19.7. The van der Waals surface area contributed by atoms with Gasteiger partial charge in [0, 0.05) is 49.8 Å². The molecule has 2 amide bonds. The monoisotopic (exact) mass is 373 g/mol. The molecule has 1 heterocycles. The fraction of sp³-hybridized carbons (Fsp3) is 0.619. The van der Waals surface area contributed by atoms with Crippen LogP contribution in [0.4, 0.5) is 5.69 Å². The molecule has 1 N–H and O–H groups in total. The van der Waals surface area contributed by atoms with Crippen LogP contribution in [0, 0.1) is 11.8 Å². The molecule has 6 heteroatoms. The normalized spacial score (nSPS) is 23.7. The number of likely N-dealkylation sites (N-methyl/N-ethyl adjacent to an activating group) is 1. The third kappa shape index (κ3) is 5.01. The average Bonchev–Trinajstić information content (AvgIpc) is 2.73. The fourth-order valence-electron chi connectivity index (χ4n) is 4.09. The van der Waals surface area contributed by atoms with Crippen LogP contribution in [-0.4, -0.2) is 61.4 Å². The number of piperazine rings is 1. The van der Waals surface area contributed by atoms with Gasteiger partial charge in [-0.2, -0.15) is 0 Å². The standard InChI is InChI=1S/C21H31N3O3/c1-3-23-11-13-24(14-12-23)21(26)17-9-7-16(8-10-17)20(25)22-18-5-4-6-19(15-18)27-2/h4-6,15-17H,3,7-14H2,1-2H3,(H,22,25). The molecule has 27 heavy (non-hydrogen) atoms. The topological polar surface area (TPSA) is 61.9 Å². The van der Waals surface area contributed by atoms with Crippen molar-refractivity contribution < 1.29 is 14.3 Å². The van der Waals surface area contributed by atoms with E-state index in [2.05, 4.69) is 17.1 Å². The summed E-state index contributed by atoms with van der Waals surface area (Å²) in [5.41, 5.74) is 0.756. The number of carbonyl (C=O) groups is 2. The number of hydrogen-bond donors (Lipinski definition) is 1. The highest BCUT2D eigenvalue weighted by atomic mass is 16.5. The minimum Gasteiger partial charge on any atom is -0.497 e. The van der Waals surface area contributed by atoms with Crippen LogP contribution in [0.3, 0.4) is 0 Å².